The largest absolute Gasteiger partial charge is 0.390 e. The van der Waals surface area contributed by atoms with Crippen molar-refractivity contribution in [2.75, 3.05) is 13.1 Å². The number of Topliss-reactive ketones (excluding diaryl/α,β-unsaturated/α-hetero) is 1. The summed E-state index contributed by atoms with van der Waals surface area (Å²) in [7, 11) is 0. The summed E-state index contributed by atoms with van der Waals surface area (Å²) < 4.78 is 0. The van der Waals surface area contributed by atoms with Crippen molar-refractivity contribution in [2.24, 2.45) is 22.7 Å². The number of fused-ring (bicyclic) bond motifs is 1. The van der Waals surface area contributed by atoms with Crippen molar-refractivity contribution in [1.29, 1.82) is 0 Å². The summed E-state index contributed by atoms with van der Waals surface area (Å²) in [4.78, 5) is 27.6. The van der Waals surface area contributed by atoms with Gasteiger partial charge in [-0.25, -0.2) is 0 Å². The van der Waals surface area contributed by atoms with Gasteiger partial charge in [0, 0.05) is 43.7 Å². The second kappa shape index (κ2) is 16.6. The molecular weight excluding hydrogens is 600 g/mol. The number of hydrogen-bond acceptors (Lipinski definition) is 7. The quantitative estimate of drug-likeness (QED) is 0.142. The van der Waals surface area contributed by atoms with Crippen molar-refractivity contribution < 1.29 is 19.8 Å². The number of aliphatic hydroxyl groups is 2. The van der Waals surface area contributed by atoms with Crippen LogP contribution < -0.4 is 16.0 Å². The van der Waals surface area contributed by atoms with Crippen molar-refractivity contribution in [3.63, 3.8) is 0 Å². The monoisotopic (exact) mass is 667 g/mol. The number of benzene rings is 1. The number of aliphatic hydroxyl groups excluding tert-OH is 2. The smallest absolute Gasteiger partial charge is 0.220 e. The molecule has 0 bridgehead atoms. The first-order valence-electron chi connectivity index (χ1n) is 18.7. The van der Waals surface area contributed by atoms with E-state index in [0.717, 1.165) is 31.4 Å². The minimum absolute atomic E-state index is 0.0161. The molecule has 270 valence electrons. The zero-order chi connectivity index (χ0) is 35.2. The van der Waals surface area contributed by atoms with Gasteiger partial charge in [-0.3, -0.25) is 9.69 Å². The minimum Gasteiger partial charge on any atom is -0.390 e. The molecule has 1 saturated carbocycles. The number of carbonyl (C=O) groups is 2. The van der Waals surface area contributed by atoms with Gasteiger partial charge >= 0.3 is 0 Å². The van der Waals surface area contributed by atoms with Crippen LogP contribution in [0.3, 0.4) is 0 Å². The highest BCUT2D eigenvalue weighted by molar-refractivity contribution is 5.78. The van der Waals surface area contributed by atoms with Crippen LogP contribution in [0, 0.1) is 22.7 Å². The van der Waals surface area contributed by atoms with Gasteiger partial charge in [-0.1, -0.05) is 97.7 Å². The molecule has 0 spiro atoms. The van der Waals surface area contributed by atoms with Crippen LogP contribution in [0.4, 0.5) is 0 Å². The maximum absolute atomic E-state index is 12.9. The zero-order valence-corrected chi connectivity index (χ0v) is 30.9. The van der Waals surface area contributed by atoms with E-state index in [9.17, 15) is 19.8 Å². The van der Waals surface area contributed by atoms with Gasteiger partial charge in [-0.15, -0.1) is 0 Å². The molecule has 8 nitrogen and oxygen atoms in total. The minimum atomic E-state index is -0.766. The Balaban J connectivity index is 1.57. The third kappa shape index (κ3) is 10.9. The Kier molecular flexibility index (Phi) is 13.4. The van der Waals surface area contributed by atoms with Crippen LogP contribution in [-0.4, -0.2) is 82.3 Å². The van der Waals surface area contributed by atoms with Crippen LogP contribution in [0.1, 0.15) is 112 Å². The van der Waals surface area contributed by atoms with Crippen LogP contribution in [-0.2, 0) is 16.0 Å². The fourth-order valence-corrected chi connectivity index (χ4v) is 8.71. The molecular formula is C40H66N4O4. The number of ketones is 1. The van der Waals surface area contributed by atoms with Crippen molar-refractivity contribution in [2.45, 2.75) is 155 Å². The molecule has 2 heterocycles. The van der Waals surface area contributed by atoms with Crippen molar-refractivity contribution in [1.82, 2.24) is 20.9 Å². The molecule has 1 aromatic carbocycles. The number of nitrogens with one attached hydrogen (secondary N) is 3. The Hall–Kier alpha value is -2.26. The van der Waals surface area contributed by atoms with Crippen molar-refractivity contribution in [3.05, 3.63) is 48.2 Å². The summed E-state index contributed by atoms with van der Waals surface area (Å²) >= 11 is 0. The number of hydrogen-bond donors (Lipinski definition) is 5. The van der Waals surface area contributed by atoms with Gasteiger partial charge < -0.3 is 31.0 Å². The van der Waals surface area contributed by atoms with E-state index < -0.39 is 29.7 Å². The van der Waals surface area contributed by atoms with Crippen LogP contribution in [0.15, 0.2) is 42.6 Å². The van der Waals surface area contributed by atoms with Gasteiger partial charge in [0.25, 0.3) is 0 Å². The number of likely N-dealkylation sites (tertiary alicyclic amines) is 1. The van der Waals surface area contributed by atoms with Gasteiger partial charge in [0.05, 0.1) is 30.3 Å². The first-order chi connectivity index (χ1) is 22.6. The molecule has 6 unspecified atom stereocenters. The molecule has 1 aromatic rings. The SMILES string of the molecule is C=C(NC(Cc1ccccc1)[C@H](O)CN1CC2CCCC[C@H]2CC1C(O)C1NC1CC(C)(C)C)[C@@H](NC(=O)CCC)C(C)(C)CC(C)=O. The standard InChI is InChI=1S/C40H66N4O4/c1-9-15-35(47)43-38(40(7,8)22-26(2)45)27(3)41-31(20-28-16-11-10-12-17-28)34(46)25-44-24-30-19-14-13-18-29(30)21-33(44)37(48)36-32(42-36)23-39(4,5)6/h10-12,16-17,29-34,36-38,41-42,46,48H,3,9,13-15,18-25H2,1-2,4-8H3,(H,43,47)/t29-,30?,31?,32?,33?,34+,36?,37?,38+/m0/s1. The maximum Gasteiger partial charge on any atom is 0.220 e. The molecule has 0 radical (unpaired) electrons. The second-order valence-corrected chi connectivity index (χ2v) is 17.3. The fourth-order valence-electron chi connectivity index (χ4n) is 8.71. The predicted octanol–water partition coefficient (Wildman–Crippen LogP) is 5.37. The third-order valence-corrected chi connectivity index (χ3v) is 11.0. The molecule has 2 saturated heterocycles. The molecule has 3 aliphatic rings. The number of rotatable bonds is 17. The lowest BCUT2D eigenvalue weighted by molar-refractivity contribution is -0.124. The molecule has 1 amide bonds. The Labute approximate surface area is 290 Å². The van der Waals surface area contributed by atoms with Gasteiger partial charge in [0.15, 0.2) is 0 Å². The summed E-state index contributed by atoms with van der Waals surface area (Å²) in [6.07, 6.45) is 7.66. The molecule has 9 atom stereocenters. The Morgan fingerprint density at radius 3 is 2.33 bits per heavy atom. The third-order valence-electron chi connectivity index (χ3n) is 11.0. The molecule has 5 N–H and O–H groups in total. The summed E-state index contributed by atoms with van der Waals surface area (Å²) in [6.45, 7) is 20.0. The highest BCUT2D eigenvalue weighted by atomic mass is 16.3. The maximum atomic E-state index is 12.9. The zero-order valence-electron chi connectivity index (χ0n) is 30.9. The second-order valence-electron chi connectivity index (χ2n) is 17.3. The Morgan fingerprint density at radius 1 is 1.04 bits per heavy atom. The van der Waals surface area contributed by atoms with Gasteiger partial charge in [-0.05, 0) is 67.3 Å². The molecule has 8 heteroatoms. The normalized spacial score (nSPS) is 27.2. The number of carbonyl (C=O) groups excluding carboxylic acids is 2. The lowest BCUT2D eigenvalue weighted by Gasteiger charge is -2.49. The molecule has 3 fully saturated rings. The van der Waals surface area contributed by atoms with E-state index in [-0.39, 0.29) is 35.6 Å². The number of amides is 1. The topological polar surface area (TPSA) is 124 Å². The lowest BCUT2D eigenvalue weighted by Crippen LogP contribution is -2.59. The van der Waals surface area contributed by atoms with Crippen molar-refractivity contribution >= 4 is 11.7 Å². The van der Waals surface area contributed by atoms with E-state index in [1.54, 1.807) is 6.92 Å². The van der Waals surface area contributed by atoms with Crippen LogP contribution >= 0.6 is 0 Å². The lowest BCUT2D eigenvalue weighted by atomic mass is 9.71. The number of nitrogens with zero attached hydrogens (tertiary/aromatic N) is 1. The molecule has 1 aliphatic carbocycles. The van der Waals surface area contributed by atoms with E-state index in [0.29, 0.717) is 43.0 Å². The molecule has 48 heavy (non-hydrogen) atoms. The summed E-state index contributed by atoms with van der Waals surface area (Å²) in [6, 6.07) is 9.64. The van der Waals surface area contributed by atoms with E-state index in [1.165, 1.54) is 25.7 Å². The predicted molar refractivity (Wildman–Crippen MR) is 194 cm³/mol. The average Bonchev–Trinajstić information content (AvgIpc) is 3.76. The van der Waals surface area contributed by atoms with E-state index in [4.69, 9.17) is 0 Å². The van der Waals surface area contributed by atoms with E-state index >= 15 is 0 Å². The van der Waals surface area contributed by atoms with Gasteiger partial charge in [0.2, 0.25) is 5.91 Å². The first kappa shape index (κ1) is 38.5. The fraction of sp³-hybridized carbons (Fsp3) is 0.750. The van der Waals surface area contributed by atoms with Crippen LogP contribution in [0.25, 0.3) is 0 Å². The van der Waals surface area contributed by atoms with Crippen molar-refractivity contribution in [3.8, 4) is 0 Å². The molecule has 0 aromatic heterocycles. The van der Waals surface area contributed by atoms with Crippen LogP contribution in [0.5, 0.6) is 0 Å². The van der Waals surface area contributed by atoms with Crippen LogP contribution in [0.2, 0.25) is 0 Å². The summed E-state index contributed by atoms with van der Waals surface area (Å²) in [5.41, 5.74) is 1.29. The Morgan fingerprint density at radius 2 is 1.71 bits per heavy atom. The summed E-state index contributed by atoms with van der Waals surface area (Å²) in [5, 5.41) is 34.3. The Bertz CT molecular complexity index is 1210. The van der Waals surface area contributed by atoms with E-state index in [2.05, 4.69) is 60.3 Å². The highest BCUT2D eigenvalue weighted by Crippen LogP contribution is 2.41. The molecule has 4 rings (SSSR count). The first-order valence-corrected chi connectivity index (χ1v) is 18.7. The van der Waals surface area contributed by atoms with E-state index in [1.807, 2.05) is 39.0 Å². The highest BCUT2D eigenvalue weighted by Gasteiger charge is 2.50. The van der Waals surface area contributed by atoms with Gasteiger partial charge in [0.1, 0.15) is 5.78 Å². The summed E-state index contributed by atoms with van der Waals surface area (Å²) in [5.74, 6) is 1.19. The van der Waals surface area contributed by atoms with Gasteiger partial charge in [-0.2, -0.15) is 0 Å². The number of β-amino-alcohol motifs (C(OH)–C–C–N with tert-alkyl or cyclic N) is 1. The number of piperidine rings is 1. The molecule has 2 aliphatic heterocycles. The average molecular weight is 667 g/mol.